The number of aromatic nitrogens is 3. The maximum Gasteiger partial charge on any atom is 0.246 e. The molecule has 0 aliphatic carbocycles. The van der Waals surface area contributed by atoms with Crippen LogP contribution in [0.25, 0.3) is 10.9 Å². The fourth-order valence-corrected chi connectivity index (χ4v) is 5.11. The number of amides is 1. The molecule has 9 nitrogen and oxygen atoms in total. The quantitative estimate of drug-likeness (QED) is 0.645. The van der Waals surface area contributed by atoms with E-state index in [0.29, 0.717) is 25.9 Å². The van der Waals surface area contributed by atoms with E-state index in [1.54, 1.807) is 11.6 Å². The monoisotopic (exact) mass is 417 g/mol. The van der Waals surface area contributed by atoms with Crippen LogP contribution in [0.1, 0.15) is 12.8 Å². The molecule has 0 unspecified atom stereocenters. The maximum atomic E-state index is 12.7. The number of nitrogens with zero attached hydrogens (tertiary/aromatic N) is 4. The van der Waals surface area contributed by atoms with Crippen molar-refractivity contribution in [1.29, 1.82) is 0 Å². The predicted octanol–water partition coefficient (Wildman–Crippen LogP) is 1.09. The summed E-state index contributed by atoms with van der Waals surface area (Å²) < 4.78 is 36.4. The van der Waals surface area contributed by atoms with Crippen LogP contribution in [0.2, 0.25) is 0 Å². The van der Waals surface area contributed by atoms with Crippen LogP contribution in [0.3, 0.4) is 0 Å². The van der Waals surface area contributed by atoms with E-state index < -0.39 is 15.9 Å². The Bertz CT molecular complexity index is 1140. The van der Waals surface area contributed by atoms with Crippen molar-refractivity contribution >= 4 is 26.8 Å². The Hall–Kier alpha value is -2.85. The number of aryl methyl sites for hydroxylation is 1. The van der Waals surface area contributed by atoms with Crippen LogP contribution >= 0.6 is 0 Å². The standard InChI is InChI=1S/C19H23N5O4S/c1-22-12-15(11-21-22)29(26,27)24-9-5-14(6-10-24)28-18-4-2-3-17-16(18)7-8-23(17)13-19(20)25/h2-4,7-8,11-12,14H,5-6,9-10,13H2,1H3,(H2,20,25). The molecular formula is C19H23N5O4S. The number of hydrogen-bond donors (Lipinski definition) is 1. The van der Waals surface area contributed by atoms with Gasteiger partial charge in [0.2, 0.25) is 15.9 Å². The first-order chi connectivity index (χ1) is 13.8. The number of sulfonamides is 1. The van der Waals surface area contributed by atoms with Crippen LogP contribution in [-0.4, -0.2) is 52.2 Å². The Labute approximate surface area is 168 Å². The fraction of sp³-hybridized carbons (Fsp3) is 0.368. The van der Waals surface area contributed by atoms with Crippen LogP contribution in [0.15, 0.2) is 47.8 Å². The summed E-state index contributed by atoms with van der Waals surface area (Å²) in [6, 6.07) is 7.57. The Kier molecular flexibility index (Phi) is 5.05. The lowest BCUT2D eigenvalue weighted by molar-refractivity contribution is -0.118. The van der Waals surface area contributed by atoms with E-state index >= 15 is 0 Å². The summed E-state index contributed by atoms with van der Waals surface area (Å²) >= 11 is 0. The largest absolute Gasteiger partial charge is 0.490 e. The van der Waals surface area contributed by atoms with E-state index in [1.807, 2.05) is 30.5 Å². The van der Waals surface area contributed by atoms with Gasteiger partial charge in [0.25, 0.3) is 0 Å². The number of nitrogens with two attached hydrogens (primary N) is 1. The molecule has 1 aliphatic rings. The Morgan fingerprint density at radius 3 is 2.69 bits per heavy atom. The number of rotatable bonds is 6. The molecule has 154 valence electrons. The van der Waals surface area contributed by atoms with Gasteiger partial charge in [0.1, 0.15) is 23.3 Å². The Balaban J connectivity index is 1.45. The highest BCUT2D eigenvalue weighted by atomic mass is 32.2. The molecule has 1 aromatic carbocycles. The molecular weight excluding hydrogens is 394 g/mol. The van der Waals surface area contributed by atoms with Crippen molar-refractivity contribution in [3.63, 3.8) is 0 Å². The van der Waals surface area contributed by atoms with E-state index in [-0.39, 0.29) is 17.5 Å². The average molecular weight is 417 g/mol. The zero-order chi connectivity index (χ0) is 20.6. The van der Waals surface area contributed by atoms with Crippen molar-refractivity contribution in [2.24, 2.45) is 12.8 Å². The first-order valence-corrected chi connectivity index (χ1v) is 10.8. The molecule has 0 radical (unpaired) electrons. The molecule has 0 spiro atoms. The molecule has 1 fully saturated rings. The minimum Gasteiger partial charge on any atom is -0.490 e. The van der Waals surface area contributed by atoms with Crippen molar-refractivity contribution in [1.82, 2.24) is 18.7 Å². The summed E-state index contributed by atoms with van der Waals surface area (Å²) in [7, 11) is -1.84. The molecule has 10 heteroatoms. The van der Waals surface area contributed by atoms with Gasteiger partial charge in [-0.25, -0.2) is 8.42 Å². The van der Waals surface area contributed by atoms with Crippen LogP contribution in [0.5, 0.6) is 5.75 Å². The zero-order valence-corrected chi connectivity index (χ0v) is 16.9. The molecule has 1 aliphatic heterocycles. The predicted molar refractivity (Wildman–Crippen MR) is 107 cm³/mol. The highest BCUT2D eigenvalue weighted by Gasteiger charge is 2.31. The van der Waals surface area contributed by atoms with E-state index in [9.17, 15) is 13.2 Å². The smallest absolute Gasteiger partial charge is 0.246 e. The van der Waals surface area contributed by atoms with E-state index in [0.717, 1.165) is 16.7 Å². The first-order valence-electron chi connectivity index (χ1n) is 9.36. The molecule has 0 saturated carbocycles. The van der Waals surface area contributed by atoms with Gasteiger partial charge in [0.15, 0.2) is 0 Å². The Morgan fingerprint density at radius 2 is 2.03 bits per heavy atom. The second kappa shape index (κ2) is 7.53. The number of carbonyl (C=O) groups excluding carboxylic acids is 1. The van der Waals surface area contributed by atoms with Crippen molar-refractivity contribution in [3.8, 4) is 5.75 Å². The lowest BCUT2D eigenvalue weighted by Crippen LogP contribution is -2.41. The molecule has 1 amide bonds. The lowest BCUT2D eigenvalue weighted by Gasteiger charge is -2.31. The summed E-state index contributed by atoms with van der Waals surface area (Å²) in [6.45, 7) is 0.888. The molecule has 2 N–H and O–H groups in total. The van der Waals surface area contributed by atoms with Crippen LogP contribution < -0.4 is 10.5 Å². The molecule has 3 aromatic rings. The van der Waals surface area contributed by atoms with E-state index in [2.05, 4.69) is 5.10 Å². The van der Waals surface area contributed by atoms with E-state index in [1.165, 1.54) is 21.4 Å². The van der Waals surface area contributed by atoms with Gasteiger partial charge in [-0.2, -0.15) is 9.40 Å². The number of hydrogen-bond acceptors (Lipinski definition) is 5. The zero-order valence-electron chi connectivity index (χ0n) is 16.1. The van der Waals surface area contributed by atoms with Crippen molar-refractivity contribution in [2.75, 3.05) is 13.1 Å². The second-order valence-electron chi connectivity index (χ2n) is 7.17. The van der Waals surface area contributed by atoms with Crippen LogP contribution in [0.4, 0.5) is 0 Å². The number of ether oxygens (including phenoxy) is 1. The van der Waals surface area contributed by atoms with Gasteiger partial charge >= 0.3 is 0 Å². The summed E-state index contributed by atoms with van der Waals surface area (Å²) in [5, 5.41) is 4.85. The summed E-state index contributed by atoms with van der Waals surface area (Å²) in [6.07, 6.45) is 5.80. The fourth-order valence-electron chi connectivity index (χ4n) is 3.65. The molecule has 1 saturated heterocycles. The minimum atomic E-state index is -3.53. The molecule has 29 heavy (non-hydrogen) atoms. The third kappa shape index (κ3) is 3.85. The summed E-state index contributed by atoms with van der Waals surface area (Å²) in [5.74, 6) is 0.315. The van der Waals surface area contributed by atoms with E-state index in [4.69, 9.17) is 10.5 Å². The molecule has 4 rings (SSSR count). The number of fused-ring (bicyclic) bond motifs is 1. The minimum absolute atomic E-state index is 0.0829. The van der Waals surface area contributed by atoms with Gasteiger partial charge < -0.3 is 15.0 Å². The van der Waals surface area contributed by atoms with Gasteiger partial charge in [-0.15, -0.1) is 0 Å². The molecule has 3 heterocycles. The normalized spacial score (nSPS) is 16.3. The van der Waals surface area contributed by atoms with Crippen molar-refractivity contribution in [2.45, 2.75) is 30.4 Å². The Morgan fingerprint density at radius 1 is 1.28 bits per heavy atom. The van der Waals surface area contributed by atoms with Crippen LogP contribution in [-0.2, 0) is 28.4 Å². The SMILES string of the molecule is Cn1cc(S(=O)(=O)N2CCC(Oc3cccc4c3ccn4CC(N)=O)CC2)cn1. The van der Waals surface area contributed by atoms with Gasteiger partial charge in [0.05, 0.1) is 11.7 Å². The molecule has 0 bridgehead atoms. The number of primary amides is 1. The highest BCUT2D eigenvalue weighted by Crippen LogP contribution is 2.30. The third-order valence-electron chi connectivity index (χ3n) is 5.11. The van der Waals surface area contributed by atoms with Crippen molar-refractivity contribution in [3.05, 3.63) is 42.9 Å². The molecule has 2 aromatic heterocycles. The first kappa shape index (κ1) is 19.5. The lowest BCUT2D eigenvalue weighted by atomic mass is 10.1. The van der Waals surface area contributed by atoms with Gasteiger partial charge in [-0.1, -0.05) is 6.07 Å². The van der Waals surface area contributed by atoms with Gasteiger partial charge in [-0.3, -0.25) is 9.48 Å². The van der Waals surface area contributed by atoms with Gasteiger partial charge in [-0.05, 0) is 31.0 Å². The topological polar surface area (TPSA) is 112 Å². The third-order valence-corrected chi connectivity index (χ3v) is 6.96. The van der Waals surface area contributed by atoms with Crippen LogP contribution in [0, 0.1) is 0 Å². The number of carbonyl (C=O) groups is 1. The molecule has 0 atom stereocenters. The highest BCUT2D eigenvalue weighted by molar-refractivity contribution is 7.89. The average Bonchev–Trinajstić information content (AvgIpc) is 3.30. The maximum absolute atomic E-state index is 12.7. The summed E-state index contributed by atoms with van der Waals surface area (Å²) in [4.78, 5) is 11.4. The van der Waals surface area contributed by atoms with Gasteiger partial charge in [0, 0.05) is 37.9 Å². The summed E-state index contributed by atoms with van der Waals surface area (Å²) in [5.41, 5.74) is 6.18. The second-order valence-corrected chi connectivity index (χ2v) is 9.11. The van der Waals surface area contributed by atoms with Crippen molar-refractivity contribution < 1.29 is 17.9 Å². The number of benzene rings is 1. The number of piperidine rings is 1.